The molecule has 180 valence electrons. The molecule has 4 heterocycles. The molecule has 0 saturated carbocycles. The molecule has 4 aromatic heterocycles. The van der Waals surface area contributed by atoms with E-state index >= 15 is 0 Å². The van der Waals surface area contributed by atoms with Crippen LogP contribution in [-0.2, 0) is 29.9 Å². The summed E-state index contributed by atoms with van der Waals surface area (Å²) in [4.78, 5) is 9.09. The molecular formula is C17H14F5N9O2S. The van der Waals surface area contributed by atoms with Crippen molar-refractivity contribution in [1.29, 1.82) is 0 Å². The Kier molecular flexibility index (Phi) is 5.34. The predicted molar refractivity (Wildman–Crippen MR) is 105 cm³/mol. The minimum Gasteiger partial charge on any atom is -0.309 e. The first-order chi connectivity index (χ1) is 15.8. The Morgan fingerprint density at radius 3 is 2.32 bits per heavy atom. The monoisotopic (exact) mass is 503 g/mol. The van der Waals surface area contributed by atoms with Crippen molar-refractivity contribution in [3.8, 4) is 22.9 Å². The zero-order chi connectivity index (χ0) is 25.1. The summed E-state index contributed by atoms with van der Waals surface area (Å²) >= 11 is 0. The first-order valence-corrected chi connectivity index (χ1v) is 11.0. The van der Waals surface area contributed by atoms with Crippen molar-refractivity contribution in [3.63, 3.8) is 0 Å². The van der Waals surface area contributed by atoms with E-state index in [-0.39, 0.29) is 44.7 Å². The van der Waals surface area contributed by atoms with Gasteiger partial charge in [0, 0.05) is 18.8 Å². The highest BCUT2D eigenvalue weighted by Gasteiger charge is 2.60. The van der Waals surface area contributed by atoms with Crippen molar-refractivity contribution < 1.29 is 30.4 Å². The first kappa shape index (κ1) is 23.5. The lowest BCUT2D eigenvalue weighted by Gasteiger charge is -2.17. The maximum absolute atomic E-state index is 13.7. The summed E-state index contributed by atoms with van der Waals surface area (Å²) in [5, 5.41) is 17.9. The zero-order valence-corrected chi connectivity index (χ0v) is 18.4. The number of nitrogens with zero attached hydrogens (tertiary/aromatic N) is 9. The highest BCUT2D eigenvalue weighted by molar-refractivity contribution is 7.91. The summed E-state index contributed by atoms with van der Waals surface area (Å²) in [6.07, 6.45) is -4.63. The molecule has 0 bridgehead atoms. The maximum Gasteiger partial charge on any atom is 0.459 e. The van der Waals surface area contributed by atoms with Crippen molar-refractivity contribution in [1.82, 2.24) is 44.9 Å². The van der Waals surface area contributed by atoms with Gasteiger partial charge in [-0.1, -0.05) is 6.92 Å². The number of sulfone groups is 1. The molecule has 0 aliphatic carbocycles. The number of alkyl halides is 5. The molecule has 34 heavy (non-hydrogen) atoms. The third-order valence-corrected chi connectivity index (χ3v) is 6.58. The van der Waals surface area contributed by atoms with Gasteiger partial charge in [0.2, 0.25) is 5.82 Å². The fourth-order valence-corrected chi connectivity index (χ4v) is 4.08. The number of pyridine rings is 1. The summed E-state index contributed by atoms with van der Waals surface area (Å²) in [7, 11) is -1.03. The van der Waals surface area contributed by atoms with Gasteiger partial charge in [0.15, 0.2) is 21.3 Å². The van der Waals surface area contributed by atoms with Gasteiger partial charge in [-0.25, -0.2) is 13.4 Å². The van der Waals surface area contributed by atoms with E-state index in [9.17, 15) is 30.4 Å². The van der Waals surface area contributed by atoms with Crippen LogP contribution < -0.4 is 0 Å². The summed E-state index contributed by atoms with van der Waals surface area (Å²) in [5.41, 5.74) is -2.09. The smallest absolute Gasteiger partial charge is 0.309 e. The van der Waals surface area contributed by atoms with E-state index in [1.165, 1.54) is 37.8 Å². The fourth-order valence-electron chi connectivity index (χ4n) is 3.02. The largest absolute Gasteiger partial charge is 0.459 e. The highest BCUT2D eigenvalue weighted by Crippen LogP contribution is 2.43. The van der Waals surface area contributed by atoms with E-state index in [1.54, 1.807) is 0 Å². The molecular weight excluding hydrogens is 489 g/mol. The molecule has 0 amide bonds. The summed E-state index contributed by atoms with van der Waals surface area (Å²) in [6.45, 7) is 1.40. The van der Waals surface area contributed by atoms with Gasteiger partial charge < -0.3 is 4.57 Å². The normalized spacial score (nSPS) is 13.1. The molecule has 0 unspecified atom stereocenters. The van der Waals surface area contributed by atoms with E-state index in [4.69, 9.17) is 0 Å². The molecule has 0 fully saturated rings. The Hall–Kier alpha value is -3.63. The van der Waals surface area contributed by atoms with Gasteiger partial charge in [-0.3, -0.25) is 4.98 Å². The van der Waals surface area contributed by atoms with Crippen molar-refractivity contribution >= 4 is 21.0 Å². The Morgan fingerprint density at radius 1 is 1.03 bits per heavy atom. The Labute approximate surface area is 187 Å². The quantitative estimate of drug-likeness (QED) is 0.375. The summed E-state index contributed by atoms with van der Waals surface area (Å²) in [5.74, 6) is -5.61. The van der Waals surface area contributed by atoms with Crippen molar-refractivity contribution in [2.45, 2.75) is 23.9 Å². The topological polar surface area (TPSA) is 134 Å². The Bertz CT molecular complexity index is 1510. The molecule has 0 spiro atoms. The number of rotatable bonds is 5. The lowest BCUT2D eigenvalue weighted by Crippen LogP contribution is -2.34. The Morgan fingerprint density at radius 2 is 1.74 bits per heavy atom. The second kappa shape index (κ2) is 7.71. The van der Waals surface area contributed by atoms with Crippen LogP contribution in [0, 0.1) is 0 Å². The third-order valence-electron chi connectivity index (χ3n) is 4.84. The molecule has 0 aliphatic heterocycles. The minimum atomic E-state index is -5.89. The van der Waals surface area contributed by atoms with Gasteiger partial charge in [0.1, 0.15) is 16.9 Å². The van der Waals surface area contributed by atoms with E-state index < -0.39 is 27.6 Å². The molecule has 0 N–H and O–H groups in total. The van der Waals surface area contributed by atoms with Crippen molar-refractivity contribution in [2.24, 2.45) is 14.1 Å². The van der Waals surface area contributed by atoms with Crippen LogP contribution in [0.15, 0.2) is 23.2 Å². The van der Waals surface area contributed by atoms with Crippen LogP contribution in [0.3, 0.4) is 0 Å². The number of hydrogen-bond acceptors (Lipinski definition) is 9. The van der Waals surface area contributed by atoms with E-state index in [2.05, 4.69) is 35.6 Å². The van der Waals surface area contributed by atoms with Crippen molar-refractivity contribution in [3.05, 3.63) is 24.0 Å². The van der Waals surface area contributed by atoms with E-state index in [1.807, 2.05) is 0 Å². The van der Waals surface area contributed by atoms with Crippen LogP contribution in [0.25, 0.3) is 34.1 Å². The fraction of sp³-hybridized carbons (Fsp3) is 0.353. The zero-order valence-electron chi connectivity index (χ0n) is 17.6. The van der Waals surface area contributed by atoms with Gasteiger partial charge in [-0.15, -0.1) is 20.4 Å². The molecule has 17 heteroatoms. The average molecular weight is 503 g/mol. The lowest BCUT2D eigenvalue weighted by atomic mass is 10.2. The molecule has 0 atom stereocenters. The van der Waals surface area contributed by atoms with E-state index in [0.717, 1.165) is 4.80 Å². The average Bonchev–Trinajstić information content (AvgIpc) is 3.35. The summed E-state index contributed by atoms with van der Waals surface area (Å²) in [6, 6.07) is 1.71. The highest BCUT2D eigenvalue weighted by atomic mass is 32.2. The number of aromatic nitrogens is 9. The number of hydrogen-bond donors (Lipinski definition) is 0. The maximum atomic E-state index is 13.7. The van der Waals surface area contributed by atoms with Crippen LogP contribution in [0.4, 0.5) is 22.0 Å². The van der Waals surface area contributed by atoms with Gasteiger partial charge >= 0.3 is 12.1 Å². The van der Waals surface area contributed by atoms with Gasteiger partial charge in [0.05, 0.1) is 17.7 Å². The van der Waals surface area contributed by atoms with Gasteiger partial charge in [-0.05, 0) is 17.3 Å². The number of tetrazole rings is 1. The number of halogens is 5. The second-order valence-corrected chi connectivity index (χ2v) is 9.33. The van der Waals surface area contributed by atoms with Gasteiger partial charge in [-0.2, -0.15) is 26.7 Å². The molecule has 0 aliphatic rings. The molecule has 4 rings (SSSR count). The van der Waals surface area contributed by atoms with Crippen LogP contribution >= 0.6 is 0 Å². The van der Waals surface area contributed by atoms with Crippen LogP contribution in [0.1, 0.15) is 12.6 Å². The standard InChI is InChI=1S/C17H14F5N9O2S/c1-4-34(32,33)10-5-8(13-26-29-31(3)28-13)7-23-12(10)15-24-9-6-11(16(18,19)17(20,21)22)25-27-14(9)30(15)2/h5-7H,4H2,1-3H3. The molecule has 11 nitrogen and oxygen atoms in total. The van der Waals surface area contributed by atoms with Crippen LogP contribution in [0.2, 0.25) is 0 Å². The second-order valence-electron chi connectivity index (χ2n) is 7.08. The molecule has 0 aromatic carbocycles. The number of imidazole rings is 1. The predicted octanol–water partition coefficient (Wildman–Crippen LogP) is 2.06. The van der Waals surface area contributed by atoms with Crippen LogP contribution in [-0.4, -0.2) is 65.3 Å². The molecule has 0 radical (unpaired) electrons. The molecule has 4 aromatic rings. The number of aryl methyl sites for hydroxylation is 2. The van der Waals surface area contributed by atoms with Crippen LogP contribution in [0.5, 0.6) is 0 Å². The van der Waals surface area contributed by atoms with Gasteiger partial charge in [0.25, 0.3) is 0 Å². The molecule has 0 saturated heterocycles. The first-order valence-electron chi connectivity index (χ1n) is 9.39. The Balaban J connectivity index is 1.92. The van der Waals surface area contributed by atoms with Crippen molar-refractivity contribution in [2.75, 3.05) is 5.75 Å². The SMILES string of the molecule is CCS(=O)(=O)c1cc(-c2nnn(C)n2)cnc1-c1nc2cc(C(F)(F)C(F)(F)F)nnc2n1C. The summed E-state index contributed by atoms with van der Waals surface area (Å²) < 4.78 is 92.5. The number of fused-ring (bicyclic) bond motifs is 1. The van der Waals surface area contributed by atoms with E-state index in [0.29, 0.717) is 6.07 Å². The third kappa shape index (κ3) is 3.74. The minimum absolute atomic E-state index is 0.101. The lowest BCUT2D eigenvalue weighted by molar-refractivity contribution is -0.291.